The number of rotatable bonds is 2. The zero-order valence-electron chi connectivity index (χ0n) is 9.21. The number of likely N-dealkylation sites (tertiary alicyclic amines) is 1. The molecule has 2 rings (SSSR count). The van der Waals surface area contributed by atoms with Gasteiger partial charge in [0.05, 0.1) is 4.47 Å². The van der Waals surface area contributed by atoms with Crippen molar-refractivity contribution in [1.29, 1.82) is 0 Å². The molecule has 3 nitrogen and oxygen atoms in total. The van der Waals surface area contributed by atoms with Crippen LogP contribution in [-0.4, -0.2) is 36.1 Å². The Morgan fingerprint density at radius 1 is 1.50 bits per heavy atom. The highest BCUT2D eigenvalue weighted by Gasteiger charge is 2.17. The second kappa shape index (κ2) is 5.47. The predicted molar refractivity (Wildman–Crippen MR) is 73.8 cm³/mol. The largest absolute Gasteiger partial charge is 0.365 e. The van der Waals surface area contributed by atoms with E-state index >= 15 is 0 Å². The first kappa shape index (κ1) is 12.3. The van der Waals surface area contributed by atoms with Gasteiger partial charge in [-0.3, -0.25) is 0 Å². The van der Waals surface area contributed by atoms with Crippen molar-refractivity contribution >= 4 is 37.7 Å². The van der Waals surface area contributed by atoms with Crippen LogP contribution in [0, 0.1) is 0 Å². The van der Waals surface area contributed by atoms with Crippen LogP contribution in [0.15, 0.2) is 21.2 Å². The van der Waals surface area contributed by atoms with Crippen molar-refractivity contribution in [2.75, 3.05) is 25.5 Å². The molecule has 0 spiro atoms. The van der Waals surface area contributed by atoms with Gasteiger partial charge in [-0.2, -0.15) is 0 Å². The van der Waals surface area contributed by atoms with E-state index in [1.807, 2.05) is 12.3 Å². The number of pyridine rings is 1. The quantitative estimate of drug-likeness (QED) is 0.890. The SMILES string of the molecule is CN1CCCC(Nc2ncc(Br)cc2Br)C1. The van der Waals surface area contributed by atoms with Crippen molar-refractivity contribution in [3.63, 3.8) is 0 Å². The van der Waals surface area contributed by atoms with E-state index in [9.17, 15) is 0 Å². The smallest absolute Gasteiger partial charge is 0.140 e. The van der Waals surface area contributed by atoms with Crippen molar-refractivity contribution in [2.45, 2.75) is 18.9 Å². The Morgan fingerprint density at radius 3 is 3.00 bits per heavy atom. The van der Waals surface area contributed by atoms with Crippen LogP contribution in [0.5, 0.6) is 0 Å². The van der Waals surface area contributed by atoms with Gasteiger partial charge in [0.1, 0.15) is 5.82 Å². The fourth-order valence-electron chi connectivity index (χ4n) is 2.00. The maximum Gasteiger partial charge on any atom is 0.140 e. The lowest BCUT2D eigenvalue weighted by Gasteiger charge is -2.30. The molecule has 16 heavy (non-hydrogen) atoms. The van der Waals surface area contributed by atoms with Crippen LogP contribution in [0.4, 0.5) is 5.82 Å². The number of halogens is 2. The molecule has 0 amide bonds. The van der Waals surface area contributed by atoms with Crippen LogP contribution in [0.2, 0.25) is 0 Å². The Balaban J connectivity index is 2.02. The van der Waals surface area contributed by atoms with Gasteiger partial charge in [-0.1, -0.05) is 0 Å². The van der Waals surface area contributed by atoms with Gasteiger partial charge in [0.25, 0.3) is 0 Å². The minimum Gasteiger partial charge on any atom is -0.365 e. The Labute approximate surface area is 113 Å². The minimum absolute atomic E-state index is 0.503. The van der Waals surface area contributed by atoms with E-state index in [-0.39, 0.29) is 0 Å². The maximum absolute atomic E-state index is 4.37. The molecular formula is C11H15Br2N3. The second-order valence-electron chi connectivity index (χ2n) is 4.23. The molecule has 0 aromatic carbocycles. The lowest BCUT2D eigenvalue weighted by atomic mass is 10.1. The van der Waals surface area contributed by atoms with Gasteiger partial charge in [0.2, 0.25) is 0 Å². The molecule has 1 aliphatic heterocycles. The first-order valence-corrected chi connectivity index (χ1v) is 7.00. The maximum atomic E-state index is 4.37. The normalized spacial score (nSPS) is 22.1. The summed E-state index contributed by atoms with van der Waals surface area (Å²) >= 11 is 6.92. The van der Waals surface area contributed by atoms with Gasteiger partial charge in [0, 0.05) is 23.3 Å². The number of likely N-dealkylation sites (N-methyl/N-ethyl adjacent to an activating group) is 1. The molecule has 1 atom stereocenters. The molecule has 1 unspecified atom stereocenters. The second-order valence-corrected chi connectivity index (χ2v) is 6.00. The van der Waals surface area contributed by atoms with E-state index in [1.54, 1.807) is 0 Å². The van der Waals surface area contributed by atoms with Crippen molar-refractivity contribution < 1.29 is 0 Å². The molecular weight excluding hydrogens is 334 g/mol. The summed E-state index contributed by atoms with van der Waals surface area (Å²) in [5.41, 5.74) is 0. The number of hydrogen-bond acceptors (Lipinski definition) is 3. The number of anilines is 1. The van der Waals surface area contributed by atoms with E-state index < -0.39 is 0 Å². The lowest BCUT2D eigenvalue weighted by molar-refractivity contribution is 0.260. The summed E-state index contributed by atoms with van der Waals surface area (Å²) in [5.74, 6) is 0.934. The van der Waals surface area contributed by atoms with Gasteiger partial charge in [-0.15, -0.1) is 0 Å². The number of nitrogens with one attached hydrogen (secondary N) is 1. The first-order chi connectivity index (χ1) is 7.65. The Hall–Kier alpha value is -0.130. The first-order valence-electron chi connectivity index (χ1n) is 5.41. The van der Waals surface area contributed by atoms with Crippen molar-refractivity contribution in [1.82, 2.24) is 9.88 Å². The zero-order chi connectivity index (χ0) is 11.5. The number of piperidine rings is 1. The van der Waals surface area contributed by atoms with E-state index in [0.717, 1.165) is 21.3 Å². The molecule has 1 aromatic heterocycles. The van der Waals surface area contributed by atoms with E-state index in [0.29, 0.717) is 6.04 Å². The van der Waals surface area contributed by atoms with Crippen molar-refractivity contribution in [2.24, 2.45) is 0 Å². The summed E-state index contributed by atoms with van der Waals surface area (Å²) in [6, 6.07) is 2.52. The van der Waals surface area contributed by atoms with E-state index in [4.69, 9.17) is 0 Å². The molecule has 0 aliphatic carbocycles. The highest BCUT2D eigenvalue weighted by molar-refractivity contribution is 9.11. The molecule has 1 saturated heterocycles. The third-order valence-corrected chi connectivity index (χ3v) is 3.81. The van der Waals surface area contributed by atoms with Crippen molar-refractivity contribution in [3.05, 3.63) is 21.2 Å². The Morgan fingerprint density at radius 2 is 2.31 bits per heavy atom. The Bertz CT molecular complexity index is 370. The minimum atomic E-state index is 0.503. The molecule has 0 bridgehead atoms. The molecule has 1 fully saturated rings. The third-order valence-electron chi connectivity index (χ3n) is 2.77. The summed E-state index contributed by atoms with van der Waals surface area (Å²) in [5, 5.41) is 3.49. The molecule has 0 radical (unpaired) electrons. The average Bonchev–Trinajstić information content (AvgIpc) is 2.22. The number of hydrogen-bond donors (Lipinski definition) is 1. The molecule has 1 aromatic rings. The average molecular weight is 349 g/mol. The fraction of sp³-hybridized carbons (Fsp3) is 0.545. The molecule has 1 aliphatic rings. The van der Waals surface area contributed by atoms with E-state index in [1.165, 1.54) is 19.4 Å². The highest BCUT2D eigenvalue weighted by atomic mass is 79.9. The highest BCUT2D eigenvalue weighted by Crippen LogP contribution is 2.25. The van der Waals surface area contributed by atoms with Crippen LogP contribution >= 0.6 is 31.9 Å². The summed E-state index contributed by atoms with van der Waals surface area (Å²) < 4.78 is 2.00. The van der Waals surface area contributed by atoms with Crippen molar-refractivity contribution in [3.8, 4) is 0 Å². The number of aromatic nitrogens is 1. The van der Waals surface area contributed by atoms with Gasteiger partial charge < -0.3 is 10.2 Å². The van der Waals surface area contributed by atoms with Gasteiger partial charge in [-0.05, 0) is 64.4 Å². The fourth-order valence-corrected chi connectivity index (χ4v) is 3.10. The van der Waals surface area contributed by atoms with Gasteiger partial charge in [0.15, 0.2) is 0 Å². The topological polar surface area (TPSA) is 28.2 Å². The standard InChI is InChI=1S/C11H15Br2N3/c1-16-4-2-3-9(7-16)15-11-10(13)5-8(12)6-14-11/h5-6,9H,2-4,7H2,1H3,(H,14,15). The predicted octanol–water partition coefficient (Wildman–Crippen LogP) is 3.11. The molecule has 1 N–H and O–H groups in total. The molecule has 88 valence electrons. The third kappa shape index (κ3) is 3.18. The van der Waals surface area contributed by atoms with Crippen LogP contribution < -0.4 is 5.32 Å². The van der Waals surface area contributed by atoms with Crippen LogP contribution in [0.25, 0.3) is 0 Å². The number of nitrogens with zero attached hydrogens (tertiary/aromatic N) is 2. The van der Waals surface area contributed by atoms with Crippen LogP contribution in [0.1, 0.15) is 12.8 Å². The lowest BCUT2D eigenvalue weighted by Crippen LogP contribution is -2.39. The summed E-state index contributed by atoms with van der Waals surface area (Å²) in [7, 11) is 2.16. The zero-order valence-corrected chi connectivity index (χ0v) is 12.4. The Kier molecular flexibility index (Phi) is 4.21. The summed E-state index contributed by atoms with van der Waals surface area (Å²) in [4.78, 5) is 6.73. The summed E-state index contributed by atoms with van der Waals surface area (Å²) in [6.45, 7) is 2.29. The van der Waals surface area contributed by atoms with E-state index in [2.05, 4.69) is 54.1 Å². The van der Waals surface area contributed by atoms with Gasteiger partial charge in [-0.25, -0.2) is 4.98 Å². The molecule has 0 saturated carbocycles. The summed E-state index contributed by atoms with van der Waals surface area (Å²) in [6.07, 6.45) is 4.29. The molecule has 5 heteroatoms. The van der Waals surface area contributed by atoms with Crippen LogP contribution in [0.3, 0.4) is 0 Å². The molecule has 2 heterocycles. The monoisotopic (exact) mass is 347 g/mol. The van der Waals surface area contributed by atoms with Crippen LogP contribution in [-0.2, 0) is 0 Å². The van der Waals surface area contributed by atoms with Gasteiger partial charge >= 0.3 is 0 Å².